The number of aliphatic hydroxyl groups is 1. The topological polar surface area (TPSA) is 58.6 Å². The molecule has 0 aromatic rings. The van der Waals surface area contributed by atoms with Crippen LogP contribution in [-0.4, -0.2) is 35.9 Å². The fraction of sp³-hybridized carbons (Fsp3) is 0.900. The monoisotopic (exact) mass is 201 g/mol. The Morgan fingerprint density at radius 1 is 1.57 bits per heavy atom. The van der Waals surface area contributed by atoms with E-state index in [-0.39, 0.29) is 18.6 Å². The van der Waals surface area contributed by atoms with Gasteiger partial charge in [-0.25, -0.2) is 0 Å². The number of hydrogen-bond donors (Lipinski definition) is 2. The number of aliphatic hydroxyl groups excluding tert-OH is 1. The van der Waals surface area contributed by atoms with E-state index in [1.807, 2.05) is 0 Å². The van der Waals surface area contributed by atoms with E-state index >= 15 is 0 Å². The molecule has 1 unspecified atom stereocenters. The molecule has 82 valence electrons. The number of nitrogens with one attached hydrogen (secondary N) is 1. The minimum atomic E-state index is -0.558. The summed E-state index contributed by atoms with van der Waals surface area (Å²) in [6, 6.07) is 0. The van der Waals surface area contributed by atoms with Crippen molar-refractivity contribution in [2.75, 3.05) is 13.2 Å². The van der Waals surface area contributed by atoms with E-state index in [1.165, 1.54) is 0 Å². The highest BCUT2D eigenvalue weighted by Gasteiger charge is 2.26. The van der Waals surface area contributed by atoms with E-state index in [9.17, 15) is 4.79 Å². The third kappa shape index (κ3) is 3.27. The summed E-state index contributed by atoms with van der Waals surface area (Å²) in [5.74, 6) is -0.108. The minimum Gasteiger partial charge on any atom is -0.394 e. The van der Waals surface area contributed by atoms with Gasteiger partial charge in [-0.15, -0.1) is 0 Å². The SMILES string of the molecule is CC(C)(CO)NC(=O)C1CCCCO1. The number of amides is 1. The Kier molecular flexibility index (Phi) is 3.89. The fourth-order valence-corrected chi connectivity index (χ4v) is 1.40. The lowest BCUT2D eigenvalue weighted by Crippen LogP contribution is -2.51. The van der Waals surface area contributed by atoms with Gasteiger partial charge in [0.2, 0.25) is 5.91 Å². The van der Waals surface area contributed by atoms with Crippen molar-refractivity contribution in [3.63, 3.8) is 0 Å². The van der Waals surface area contributed by atoms with E-state index in [2.05, 4.69) is 5.32 Å². The van der Waals surface area contributed by atoms with E-state index in [1.54, 1.807) is 13.8 Å². The molecular weight excluding hydrogens is 182 g/mol. The quantitative estimate of drug-likeness (QED) is 0.696. The van der Waals surface area contributed by atoms with Gasteiger partial charge in [0.15, 0.2) is 0 Å². The number of ether oxygens (including phenoxy) is 1. The van der Waals surface area contributed by atoms with Gasteiger partial charge in [0.1, 0.15) is 6.10 Å². The van der Waals surface area contributed by atoms with E-state index < -0.39 is 5.54 Å². The van der Waals surface area contributed by atoms with Crippen LogP contribution in [0.5, 0.6) is 0 Å². The van der Waals surface area contributed by atoms with Gasteiger partial charge in [0, 0.05) is 6.61 Å². The molecule has 0 aliphatic carbocycles. The Bertz CT molecular complexity index is 198. The first kappa shape index (κ1) is 11.5. The normalized spacial score (nSPS) is 23.2. The van der Waals surface area contributed by atoms with Crippen molar-refractivity contribution in [3.05, 3.63) is 0 Å². The number of hydrogen-bond acceptors (Lipinski definition) is 3. The van der Waals surface area contributed by atoms with Gasteiger partial charge in [0.05, 0.1) is 12.1 Å². The van der Waals surface area contributed by atoms with E-state index in [4.69, 9.17) is 9.84 Å². The molecule has 1 heterocycles. The van der Waals surface area contributed by atoms with Crippen molar-refractivity contribution >= 4 is 5.91 Å². The summed E-state index contributed by atoms with van der Waals surface area (Å²) < 4.78 is 5.34. The average Bonchev–Trinajstić information content (AvgIpc) is 2.19. The largest absolute Gasteiger partial charge is 0.394 e. The van der Waals surface area contributed by atoms with Gasteiger partial charge in [-0.05, 0) is 33.1 Å². The Labute approximate surface area is 84.6 Å². The van der Waals surface area contributed by atoms with Crippen LogP contribution < -0.4 is 5.32 Å². The Hall–Kier alpha value is -0.610. The smallest absolute Gasteiger partial charge is 0.249 e. The summed E-state index contributed by atoms with van der Waals surface area (Å²) >= 11 is 0. The molecule has 1 aliphatic rings. The maximum Gasteiger partial charge on any atom is 0.249 e. The zero-order chi connectivity index (χ0) is 10.6. The molecule has 1 fully saturated rings. The van der Waals surface area contributed by atoms with Crippen LogP contribution in [0.2, 0.25) is 0 Å². The first-order valence-electron chi connectivity index (χ1n) is 5.10. The van der Waals surface area contributed by atoms with Crippen LogP contribution >= 0.6 is 0 Å². The molecule has 0 aromatic carbocycles. The summed E-state index contributed by atoms with van der Waals surface area (Å²) in [5.41, 5.74) is -0.558. The average molecular weight is 201 g/mol. The van der Waals surface area contributed by atoms with E-state index in [0.29, 0.717) is 6.61 Å². The van der Waals surface area contributed by atoms with Crippen molar-refractivity contribution in [1.82, 2.24) is 5.32 Å². The molecule has 4 nitrogen and oxygen atoms in total. The standard InChI is InChI=1S/C10H19NO3/c1-10(2,7-12)11-9(13)8-5-3-4-6-14-8/h8,12H,3-7H2,1-2H3,(H,11,13). The molecule has 0 radical (unpaired) electrons. The molecule has 4 heteroatoms. The Balaban J connectivity index is 2.40. The summed E-state index contributed by atoms with van der Waals surface area (Å²) in [6.45, 7) is 4.17. The number of carbonyl (C=O) groups is 1. The molecule has 1 atom stereocenters. The second-order valence-corrected chi connectivity index (χ2v) is 4.39. The summed E-state index contributed by atoms with van der Waals surface area (Å²) in [4.78, 5) is 11.6. The maximum absolute atomic E-state index is 11.6. The van der Waals surface area contributed by atoms with Gasteiger partial charge in [-0.1, -0.05) is 0 Å². The summed E-state index contributed by atoms with van der Waals surface area (Å²) in [6.07, 6.45) is 2.53. The van der Waals surface area contributed by atoms with Gasteiger partial charge < -0.3 is 15.2 Å². The summed E-state index contributed by atoms with van der Waals surface area (Å²) in [5, 5.41) is 11.7. The van der Waals surface area contributed by atoms with Crippen LogP contribution in [0, 0.1) is 0 Å². The molecule has 1 rings (SSSR count). The van der Waals surface area contributed by atoms with Gasteiger partial charge in [-0.2, -0.15) is 0 Å². The van der Waals surface area contributed by atoms with Crippen molar-refractivity contribution < 1.29 is 14.6 Å². The zero-order valence-corrected chi connectivity index (χ0v) is 8.88. The first-order chi connectivity index (χ1) is 6.55. The van der Waals surface area contributed by atoms with Crippen molar-refractivity contribution in [3.8, 4) is 0 Å². The van der Waals surface area contributed by atoms with Crippen molar-refractivity contribution in [2.45, 2.75) is 44.8 Å². The van der Waals surface area contributed by atoms with Gasteiger partial charge in [-0.3, -0.25) is 4.79 Å². The Morgan fingerprint density at radius 2 is 2.29 bits per heavy atom. The highest BCUT2D eigenvalue weighted by Crippen LogP contribution is 2.13. The third-order valence-corrected chi connectivity index (χ3v) is 2.33. The lowest BCUT2D eigenvalue weighted by Gasteiger charge is -2.28. The molecule has 0 bridgehead atoms. The Morgan fingerprint density at radius 3 is 2.79 bits per heavy atom. The molecule has 1 saturated heterocycles. The predicted molar refractivity (Wildman–Crippen MR) is 52.9 cm³/mol. The minimum absolute atomic E-state index is 0.0640. The van der Waals surface area contributed by atoms with Crippen LogP contribution in [-0.2, 0) is 9.53 Å². The molecule has 0 saturated carbocycles. The summed E-state index contributed by atoms with van der Waals surface area (Å²) in [7, 11) is 0. The first-order valence-corrected chi connectivity index (χ1v) is 5.10. The molecule has 2 N–H and O–H groups in total. The van der Waals surface area contributed by atoms with Crippen LogP contribution in [0.15, 0.2) is 0 Å². The molecule has 1 amide bonds. The maximum atomic E-state index is 11.6. The second-order valence-electron chi connectivity index (χ2n) is 4.39. The highest BCUT2D eigenvalue weighted by atomic mass is 16.5. The van der Waals surface area contributed by atoms with E-state index in [0.717, 1.165) is 19.3 Å². The molecule has 0 spiro atoms. The number of carbonyl (C=O) groups excluding carboxylic acids is 1. The predicted octanol–water partition coefficient (Wildman–Crippen LogP) is 0.443. The van der Waals surface area contributed by atoms with Crippen molar-refractivity contribution in [1.29, 1.82) is 0 Å². The van der Waals surface area contributed by atoms with Crippen LogP contribution in [0.3, 0.4) is 0 Å². The lowest BCUT2D eigenvalue weighted by molar-refractivity contribution is -0.137. The van der Waals surface area contributed by atoms with Crippen LogP contribution in [0.4, 0.5) is 0 Å². The molecule has 0 aromatic heterocycles. The van der Waals surface area contributed by atoms with Crippen molar-refractivity contribution in [2.24, 2.45) is 0 Å². The second kappa shape index (κ2) is 4.75. The third-order valence-electron chi connectivity index (χ3n) is 2.33. The molecule has 1 aliphatic heterocycles. The molecule has 14 heavy (non-hydrogen) atoms. The molecular formula is C10H19NO3. The van der Waals surface area contributed by atoms with Gasteiger partial charge >= 0.3 is 0 Å². The lowest BCUT2D eigenvalue weighted by atomic mass is 10.0. The van der Waals surface area contributed by atoms with Gasteiger partial charge in [0.25, 0.3) is 0 Å². The van der Waals surface area contributed by atoms with Crippen LogP contribution in [0.1, 0.15) is 33.1 Å². The fourth-order valence-electron chi connectivity index (χ4n) is 1.40. The van der Waals surface area contributed by atoms with Crippen LogP contribution in [0.25, 0.3) is 0 Å². The zero-order valence-electron chi connectivity index (χ0n) is 8.88. The number of rotatable bonds is 3. The highest BCUT2D eigenvalue weighted by molar-refractivity contribution is 5.81.